The van der Waals surface area contributed by atoms with Gasteiger partial charge in [-0.05, 0) is 55.2 Å². The monoisotopic (exact) mass is 436 g/mol. The minimum atomic E-state index is -0.0974. The molecule has 0 bridgehead atoms. The molecule has 0 radical (unpaired) electrons. The Kier molecular flexibility index (Phi) is 6.51. The summed E-state index contributed by atoms with van der Waals surface area (Å²) in [5.74, 6) is 0.717. The van der Waals surface area contributed by atoms with Crippen molar-refractivity contribution in [1.82, 2.24) is 15.2 Å². The fourth-order valence-electron chi connectivity index (χ4n) is 3.70. The Balaban J connectivity index is 1.29. The number of benzene rings is 2. The molecule has 3 aromatic rings. The summed E-state index contributed by atoms with van der Waals surface area (Å²) in [6, 6.07) is 15.2. The van der Waals surface area contributed by atoms with Gasteiger partial charge in [0.05, 0.1) is 15.2 Å². The Morgan fingerprint density at radius 1 is 1.10 bits per heavy atom. The van der Waals surface area contributed by atoms with Crippen molar-refractivity contribution in [3.8, 4) is 0 Å². The van der Waals surface area contributed by atoms with Gasteiger partial charge in [-0.2, -0.15) is 0 Å². The summed E-state index contributed by atoms with van der Waals surface area (Å²) in [7, 11) is 0. The predicted octanol–water partition coefficient (Wildman–Crippen LogP) is 5.09. The number of likely N-dealkylation sites (tertiary alicyclic amines) is 1. The van der Waals surface area contributed by atoms with Crippen molar-refractivity contribution >= 4 is 39.2 Å². The van der Waals surface area contributed by atoms with Crippen molar-refractivity contribution in [3.63, 3.8) is 0 Å². The van der Waals surface area contributed by atoms with Crippen molar-refractivity contribution < 1.29 is 9.59 Å². The van der Waals surface area contributed by atoms with Gasteiger partial charge in [-0.25, -0.2) is 9.78 Å². The second-order valence-electron chi connectivity index (χ2n) is 8.39. The van der Waals surface area contributed by atoms with E-state index in [-0.39, 0.29) is 11.9 Å². The van der Waals surface area contributed by atoms with Crippen LogP contribution in [0.2, 0.25) is 0 Å². The number of fused-ring (bicyclic) bond motifs is 1. The molecule has 3 amide bonds. The zero-order valence-corrected chi connectivity index (χ0v) is 18.7. The molecule has 4 rings (SSSR count). The third-order valence-electron chi connectivity index (χ3n) is 5.51. The van der Waals surface area contributed by atoms with Gasteiger partial charge in [0.2, 0.25) is 0 Å². The number of anilines is 1. The fraction of sp³-hybridized carbons (Fsp3) is 0.375. The molecule has 0 unspecified atom stereocenters. The van der Waals surface area contributed by atoms with Crippen LogP contribution in [0.5, 0.6) is 0 Å². The number of aromatic nitrogens is 1. The molecule has 1 saturated heterocycles. The first-order chi connectivity index (χ1) is 15.0. The number of carbonyl (C=O) groups is 2. The average molecular weight is 437 g/mol. The van der Waals surface area contributed by atoms with Crippen molar-refractivity contribution in [2.45, 2.75) is 32.6 Å². The molecule has 1 fully saturated rings. The van der Waals surface area contributed by atoms with Gasteiger partial charge in [0.25, 0.3) is 5.91 Å². The second kappa shape index (κ2) is 9.47. The van der Waals surface area contributed by atoms with E-state index < -0.39 is 0 Å². The van der Waals surface area contributed by atoms with E-state index >= 15 is 0 Å². The maximum absolute atomic E-state index is 12.7. The lowest BCUT2D eigenvalue weighted by Crippen LogP contribution is -2.40. The first-order valence-corrected chi connectivity index (χ1v) is 11.6. The Morgan fingerprint density at radius 3 is 2.48 bits per heavy atom. The van der Waals surface area contributed by atoms with E-state index in [0.717, 1.165) is 18.4 Å². The van der Waals surface area contributed by atoms with Crippen LogP contribution in [0.15, 0.2) is 48.5 Å². The minimum absolute atomic E-state index is 0.0940. The Labute approximate surface area is 186 Å². The topological polar surface area (TPSA) is 74.3 Å². The summed E-state index contributed by atoms with van der Waals surface area (Å²) < 4.78 is 1.22. The number of urea groups is 1. The van der Waals surface area contributed by atoms with Crippen LogP contribution in [0.3, 0.4) is 0 Å². The second-order valence-corrected chi connectivity index (χ2v) is 9.45. The lowest BCUT2D eigenvalue weighted by atomic mass is 9.98. The highest BCUT2D eigenvalue weighted by Gasteiger charge is 2.26. The largest absolute Gasteiger partial charge is 0.352 e. The third kappa shape index (κ3) is 5.22. The maximum atomic E-state index is 12.7. The summed E-state index contributed by atoms with van der Waals surface area (Å²) in [6.45, 7) is 6.18. The van der Waals surface area contributed by atoms with E-state index in [1.54, 1.807) is 35.6 Å². The zero-order valence-electron chi connectivity index (χ0n) is 17.9. The molecule has 1 aromatic heterocycles. The molecule has 2 aromatic carbocycles. The number of carbonyl (C=O) groups excluding carboxylic acids is 2. The predicted molar refractivity (Wildman–Crippen MR) is 126 cm³/mol. The van der Waals surface area contributed by atoms with Crippen LogP contribution in [-0.4, -0.2) is 41.5 Å². The summed E-state index contributed by atoms with van der Waals surface area (Å²) in [4.78, 5) is 31.4. The molecule has 2 heterocycles. The van der Waals surface area contributed by atoms with Crippen molar-refractivity contribution in [3.05, 3.63) is 59.1 Å². The van der Waals surface area contributed by atoms with Crippen LogP contribution >= 0.6 is 11.3 Å². The molecule has 2 N–H and O–H groups in total. The standard InChI is InChI=1S/C24H28N4O2S/c1-16(2)15-25-22(29)17-7-9-19(10-8-17)26-24(30)28-13-11-18(12-14-28)23-27-20-5-3-4-6-21(20)31-23/h3-10,16,18H,11-15H2,1-2H3,(H,25,29)(H,26,30). The van der Waals surface area contributed by atoms with Gasteiger partial charge < -0.3 is 15.5 Å². The quantitative estimate of drug-likeness (QED) is 0.585. The fourth-order valence-corrected chi connectivity index (χ4v) is 4.84. The summed E-state index contributed by atoms with van der Waals surface area (Å²) in [5, 5.41) is 7.02. The molecule has 0 spiro atoms. The summed E-state index contributed by atoms with van der Waals surface area (Å²) >= 11 is 1.76. The summed E-state index contributed by atoms with van der Waals surface area (Å²) in [6.07, 6.45) is 1.84. The van der Waals surface area contributed by atoms with Crippen molar-refractivity contribution in [2.24, 2.45) is 5.92 Å². The van der Waals surface area contributed by atoms with Crippen LogP contribution in [0.25, 0.3) is 10.2 Å². The lowest BCUT2D eigenvalue weighted by molar-refractivity contribution is 0.0949. The number of nitrogens with zero attached hydrogens (tertiary/aromatic N) is 2. The van der Waals surface area contributed by atoms with Gasteiger partial charge in [0.1, 0.15) is 0 Å². The molecule has 0 atom stereocenters. The van der Waals surface area contributed by atoms with E-state index in [9.17, 15) is 9.59 Å². The molecule has 6 nitrogen and oxygen atoms in total. The van der Waals surface area contributed by atoms with Gasteiger partial charge in [0.15, 0.2) is 0 Å². The number of para-hydroxylation sites is 1. The Hall–Kier alpha value is -2.93. The van der Waals surface area contributed by atoms with Gasteiger partial charge in [-0.15, -0.1) is 11.3 Å². The third-order valence-corrected chi connectivity index (χ3v) is 6.71. The number of hydrogen-bond donors (Lipinski definition) is 2. The van der Waals surface area contributed by atoms with E-state index in [2.05, 4.69) is 36.6 Å². The smallest absolute Gasteiger partial charge is 0.321 e. The first kappa shape index (κ1) is 21.3. The molecule has 31 heavy (non-hydrogen) atoms. The SMILES string of the molecule is CC(C)CNC(=O)c1ccc(NC(=O)N2CCC(c3nc4ccccc4s3)CC2)cc1. The average Bonchev–Trinajstić information content (AvgIpc) is 3.22. The van der Waals surface area contributed by atoms with Crippen molar-refractivity contribution in [2.75, 3.05) is 25.0 Å². The van der Waals surface area contributed by atoms with Gasteiger partial charge >= 0.3 is 6.03 Å². The molecule has 0 aliphatic carbocycles. The molecular weight excluding hydrogens is 408 g/mol. The molecule has 7 heteroatoms. The molecule has 0 saturated carbocycles. The van der Waals surface area contributed by atoms with Crippen LogP contribution in [0.1, 0.15) is 48.0 Å². The highest BCUT2D eigenvalue weighted by molar-refractivity contribution is 7.18. The van der Waals surface area contributed by atoms with E-state index in [1.165, 1.54) is 9.71 Å². The van der Waals surface area contributed by atoms with E-state index in [1.807, 2.05) is 17.0 Å². The summed E-state index contributed by atoms with van der Waals surface area (Å²) in [5.41, 5.74) is 2.35. The highest BCUT2D eigenvalue weighted by atomic mass is 32.1. The van der Waals surface area contributed by atoms with Gasteiger partial charge in [-0.1, -0.05) is 26.0 Å². The molecule has 1 aliphatic heterocycles. The van der Waals surface area contributed by atoms with Crippen LogP contribution < -0.4 is 10.6 Å². The number of piperidine rings is 1. The number of hydrogen-bond acceptors (Lipinski definition) is 4. The lowest BCUT2D eigenvalue weighted by Gasteiger charge is -2.31. The molecular formula is C24H28N4O2S. The number of amides is 3. The number of rotatable bonds is 5. The van der Waals surface area contributed by atoms with E-state index in [4.69, 9.17) is 4.98 Å². The van der Waals surface area contributed by atoms with Crippen molar-refractivity contribution in [1.29, 1.82) is 0 Å². The maximum Gasteiger partial charge on any atom is 0.321 e. The highest BCUT2D eigenvalue weighted by Crippen LogP contribution is 2.33. The molecule has 1 aliphatic rings. The minimum Gasteiger partial charge on any atom is -0.352 e. The van der Waals surface area contributed by atoms with Gasteiger partial charge in [0, 0.05) is 36.8 Å². The zero-order chi connectivity index (χ0) is 21.8. The number of nitrogens with one attached hydrogen (secondary N) is 2. The van der Waals surface area contributed by atoms with E-state index in [0.29, 0.717) is 42.7 Å². The Morgan fingerprint density at radius 2 is 1.81 bits per heavy atom. The van der Waals surface area contributed by atoms with Crippen LogP contribution in [0, 0.1) is 5.92 Å². The van der Waals surface area contributed by atoms with Crippen LogP contribution in [-0.2, 0) is 0 Å². The van der Waals surface area contributed by atoms with Crippen LogP contribution in [0.4, 0.5) is 10.5 Å². The number of thiazole rings is 1. The molecule has 162 valence electrons. The first-order valence-electron chi connectivity index (χ1n) is 10.8. The Bertz CT molecular complexity index is 1020. The normalized spacial score (nSPS) is 14.7. The van der Waals surface area contributed by atoms with Gasteiger partial charge in [-0.3, -0.25) is 4.79 Å².